The molecule has 8 nitrogen and oxygen atoms in total. The molecule has 3 amide bonds. The third kappa shape index (κ3) is 9.60. The summed E-state index contributed by atoms with van der Waals surface area (Å²) in [6.07, 6.45) is -0.0479. The van der Waals surface area contributed by atoms with Crippen molar-refractivity contribution in [1.82, 2.24) is 10.6 Å². The predicted molar refractivity (Wildman–Crippen MR) is 99.5 cm³/mol. The van der Waals surface area contributed by atoms with Crippen LogP contribution in [0, 0.1) is 5.92 Å². The first-order valence-corrected chi connectivity index (χ1v) is 10.3. The smallest absolute Gasteiger partial charge is 0.327 e. The number of rotatable bonds is 8. The molecule has 1 aromatic rings. The number of nitrogens with one attached hydrogen (secondary N) is 3. The molecule has 1 atom stereocenters. The second kappa shape index (κ2) is 9.91. The molecular formula is C15H23BrN3O5P. The Morgan fingerprint density at radius 1 is 1.20 bits per heavy atom. The zero-order valence-electron chi connectivity index (χ0n) is 14.0. The zero-order chi connectivity index (χ0) is 19.0. The lowest BCUT2D eigenvalue weighted by Gasteiger charge is -2.20. The molecule has 5 N–H and O–H groups in total. The molecule has 0 saturated carbocycles. The van der Waals surface area contributed by atoms with Crippen LogP contribution in [0.25, 0.3) is 0 Å². The Kier molecular flexibility index (Phi) is 8.58. The number of carbonyl (C=O) groups is 2. The zero-order valence-corrected chi connectivity index (χ0v) is 16.5. The molecule has 140 valence electrons. The van der Waals surface area contributed by atoms with Gasteiger partial charge in [-0.25, -0.2) is 4.79 Å². The van der Waals surface area contributed by atoms with E-state index in [1.807, 2.05) is 13.8 Å². The number of amides is 3. The van der Waals surface area contributed by atoms with E-state index in [0.29, 0.717) is 12.1 Å². The maximum atomic E-state index is 12.2. The molecule has 1 unspecified atom stereocenters. The second-order valence-electron chi connectivity index (χ2n) is 5.97. The van der Waals surface area contributed by atoms with Crippen LogP contribution in [-0.4, -0.2) is 40.5 Å². The van der Waals surface area contributed by atoms with E-state index in [-0.39, 0.29) is 12.5 Å². The average Bonchev–Trinajstić information content (AvgIpc) is 2.47. The molecule has 0 aliphatic carbocycles. The summed E-state index contributed by atoms with van der Waals surface area (Å²) in [6.45, 7) is 3.65. The topological polar surface area (TPSA) is 128 Å². The van der Waals surface area contributed by atoms with Crippen molar-refractivity contribution in [3.63, 3.8) is 0 Å². The van der Waals surface area contributed by atoms with Crippen LogP contribution in [0.3, 0.4) is 0 Å². The number of urea groups is 1. The van der Waals surface area contributed by atoms with Crippen molar-refractivity contribution in [3.05, 3.63) is 28.7 Å². The number of hydrogen-bond acceptors (Lipinski definition) is 3. The summed E-state index contributed by atoms with van der Waals surface area (Å²) >= 11 is 3.30. The first-order chi connectivity index (χ1) is 11.6. The SMILES string of the molecule is CC(C)CC(NC(=O)Nc1ccc(Br)cc1)C(=O)NCCP(=O)(O)O. The predicted octanol–water partition coefficient (Wildman–Crippen LogP) is 2.28. The highest BCUT2D eigenvalue weighted by Crippen LogP contribution is 2.32. The Labute approximate surface area is 155 Å². The lowest BCUT2D eigenvalue weighted by molar-refractivity contribution is -0.123. The molecule has 1 aromatic carbocycles. The highest BCUT2D eigenvalue weighted by atomic mass is 79.9. The summed E-state index contributed by atoms with van der Waals surface area (Å²) in [5, 5.41) is 7.67. The highest BCUT2D eigenvalue weighted by molar-refractivity contribution is 9.10. The fourth-order valence-electron chi connectivity index (χ4n) is 2.01. The van der Waals surface area contributed by atoms with Gasteiger partial charge in [0, 0.05) is 16.7 Å². The molecule has 0 fully saturated rings. The van der Waals surface area contributed by atoms with E-state index in [4.69, 9.17) is 9.79 Å². The van der Waals surface area contributed by atoms with E-state index in [0.717, 1.165) is 4.47 Å². The van der Waals surface area contributed by atoms with Crippen LogP contribution in [-0.2, 0) is 9.36 Å². The summed E-state index contributed by atoms with van der Waals surface area (Å²) in [7, 11) is -4.18. The van der Waals surface area contributed by atoms with Crippen molar-refractivity contribution >= 4 is 41.2 Å². The Morgan fingerprint density at radius 2 is 1.80 bits per heavy atom. The van der Waals surface area contributed by atoms with Gasteiger partial charge in [0.1, 0.15) is 6.04 Å². The van der Waals surface area contributed by atoms with Gasteiger partial charge in [-0.3, -0.25) is 9.36 Å². The number of halogens is 1. The lowest BCUT2D eigenvalue weighted by Crippen LogP contribution is -2.49. The first kappa shape index (κ1) is 21.6. The Bertz CT molecular complexity index is 633. The number of carbonyl (C=O) groups excluding carboxylic acids is 2. The molecule has 1 rings (SSSR count). The van der Waals surface area contributed by atoms with Crippen molar-refractivity contribution in [1.29, 1.82) is 0 Å². The van der Waals surface area contributed by atoms with Crippen molar-refractivity contribution in [2.45, 2.75) is 26.3 Å². The number of benzene rings is 1. The summed E-state index contributed by atoms with van der Waals surface area (Å²) < 4.78 is 11.7. The van der Waals surface area contributed by atoms with Crippen LogP contribution >= 0.6 is 23.5 Å². The number of anilines is 1. The van der Waals surface area contributed by atoms with E-state index < -0.39 is 31.7 Å². The van der Waals surface area contributed by atoms with E-state index in [1.54, 1.807) is 24.3 Å². The fraction of sp³-hybridized carbons (Fsp3) is 0.467. The lowest BCUT2D eigenvalue weighted by atomic mass is 10.0. The third-order valence-corrected chi connectivity index (χ3v) is 4.47. The first-order valence-electron chi connectivity index (χ1n) is 7.72. The van der Waals surface area contributed by atoms with Crippen molar-refractivity contribution in [2.75, 3.05) is 18.0 Å². The molecule has 25 heavy (non-hydrogen) atoms. The quantitative estimate of drug-likeness (QED) is 0.400. The minimum absolute atomic E-state index is 0.144. The van der Waals surface area contributed by atoms with Gasteiger partial charge >= 0.3 is 13.6 Å². The van der Waals surface area contributed by atoms with Crippen LogP contribution in [0.5, 0.6) is 0 Å². The van der Waals surface area contributed by atoms with Crippen LogP contribution in [0.2, 0.25) is 0 Å². The minimum Gasteiger partial charge on any atom is -0.354 e. The Morgan fingerprint density at radius 3 is 2.32 bits per heavy atom. The van der Waals surface area contributed by atoms with Crippen LogP contribution in [0.4, 0.5) is 10.5 Å². The van der Waals surface area contributed by atoms with Crippen LogP contribution < -0.4 is 16.0 Å². The summed E-state index contributed by atoms with van der Waals surface area (Å²) in [5.41, 5.74) is 0.575. The molecule has 0 saturated heterocycles. The van der Waals surface area contributed by atoms with Gasteiger partial charge < -0.3 is 25.7 Å². The average molecular weight is 436 g/mol. The maximum Gasteiger partial charge on any atom is 0.327 e. The summed E-state index contributed by atoms with van der Waals surface area (Å²) in [6, 6.07) is 5.64. The summed E-state index contributed by atoms with van der Waals surface area (Å²) in [4.78, 5) is 41.9. The molecule has 0 radical (unpaired) electrons. The molecule has 0 aliphatic heterocycles. The van der Waals surface area contributed by atoms with Gasteiger partial charge in [-0.05, 0) is 36.6 Å². The van der Waals surface area contributed by atoms with Crippen molar-refractivity contribution in [2.24, 2.45) is 5.92 Å². The summed E-state index contributed by atoms with van der Waals surface area (Å²) in [5.74, 6) is -0.335. The number of hydrogen-bond donors (Lipinski definition) is 5. The Hall–Kier alpha value is -1.41. The van der Waals surface area contributed by atoms with Crippen LogP contribution in [0.1, 0.15) is 20.3 Å². The van der Waals surface area contributed by atoms with Gasteiger partial charge in [-0.15, -0.1) is 0 Å². The van der Waals surface area contributed by atoms with Gasteiger partial charge in [0.15, 0.2) is 0 Å². The van der Waals surface area contributed by atoms with Gasteiger partial charge in [0.2, 0.25) is 5.91 Å². The second-order valence-corrected chi connectivity index (χ2v) is 8.66. The largest absolute Gasteiger partial charge is 0.354 e. The fourth-order valence-corrected chi connectivity index (χ4v) is 2.68. The molecule has 0 aliphatic rings. The normalized spacial score (nSPS) is 12.6. The van der Waals surface area contributed by atoms with Gasteiger partial charge in [-0.1, -0.05) is 29.8 Å². The van der Waals surface area contributed by atoms with Gasteiger partial charge in [0.05, 0.1) is 6.16 Å². The Balaban J connectivity index is 2.61. The van der Waals surface area contributed by atoms with Gasteiger partial charge in [0.25, 0.3) is 0 Å². The minimum atomic E-state index is -4.18. The van der Waals surface area contributed by atoms with E-state index in [1.165, 1.54) is 0 Å². The molecule has 0 aromatic heterocycles. The van der Waals surface area contributed by atoms with Crippen LogP contribution in [0.15, 0.2) is 28.7 Å². The monoisotopic (exact) mass is 435 g/mol. The third-order valence-electron chi connectivity index (χ3n) is 3.13. The standard InChI is InChI=1S/C15H23BrN3O5P/c1-10(2)9-13(14(20)17-7-8-25(22,23)24)19-15(21)18-12-5-3-11(16)4-6-12/h3-6,10,13H,7-9H2,1-2H3,(H,17,20)(H2,18,19,21)(H2,22,23,24). The van der Waals surface area contributed by atoms with Crippen molar-refractivity contribution < 1.29 is 23.9 Å². The van der Waals surface area contributed by atoms with Gasteiger partial charge in [-0.2, -0.15) is 0 Å². The molecule has 0 spiro atoms. The molecule has 0 heterocycles. The maximum absolute atomic E-state index is 12.2. The van der Waals surface area contributed by atoms with E-state index in [9.17, 15) is 14.2 Å². The van der Waals surface area contributed by atoms with E-state index >= 15 is 0 Å². The van der Waals surface area contributed by atoms with Crippen molar-refractivity contribution in [3.8, 4) is 0 Å². The van der Waals surface area contributed by atoms with E-state index in [2.05, 4.69) is 31.9 Å². The molecular weight excluding hydrogens is 413 g/mol. The molecule has 10 heteroatoms. The highest BCUT2D eigenvalue weighted by Gasteiger charge is 2.22. The molecule has 0 bridgehead atoms.